The third-order valence-electron chi connectivity index (χ3n) is 0. The minimum absolute atomic E-state index is 0. The van der Waals surface area contributed by atoms with E-state index in [2.05, 4.69) is 0 Å². The van der Waals surface area contributed by atoms with E-state index in [1.807, 2.05) is 0 Å². The van der Waals surface area contributed by atoms with Crippen molar-refractivity contribution in [3.8, 4) is 0 Å². The van der Waals surface area contributed by atoms with Crippen LogP contribution in [0.25, 0.3) is 0 Å². The largest absolute Gasteiger partial charge is 1.00 e. The Morgan fingerprint density at radius 1 is 1.22 bits per heavy atom. The Labute approximate surface area is 99.7 Å². The zero-order valence-electron chi connectivity index (χ0n) is 5.07. The molecule has 0 aromatic heterocycles. The molecule has 0 aliphatic heterocycles. The number of rotatable bonds is 0. The molecule has 0 fully saturated rings. The summed E-state index contributed by atoms with van der Waals surface area (Å²) in [6, 6.07) is 0. The summed E-state index contributed by atoms with van der Waals surface area (Å²) in [6.45, 7) is 0. The Morgan fingerprint density at radius 2 is 1.22 bits per heavy atom. The summed E-state index contributed by atoms with van der Waals surface area (Å²) >= 11 is 0. The SMILES string of the molecule is O.O=PO.O=P[O-].[Na+].[Na+]. The Morgan fingerprint density at radius 3 is 1.22 bits per heavy atom. The van der Waals surface area contributed by atoms with E-state index in [0.29, 0.717) is 0 Å². The molecule has 0 spiro atoms. The summed E-state index contributed by atoms with van der Waals surface area (Å²) in [7, 11) is -1.92. The van der Waals surface area contributed by atoms with Crippen LogP contribution in [-0.4, -0.2) is 10.4 Å². The molecule has 0 saturated carbocycles. The van der Waals surface area contributed by atoms with E-state index in [0.717, 1.165) is 0 Å². The molecule has 0 saturated heterocycles. The molecule has 0 aliphatic carbocycles. The Kier molecular flexibility index (Phi) is 169. The van der Waals surface area contributed by atoms with Gasteiger partial charge < -0.3 is 15.3 Å². The van der Waals surface area contributed by atoms with Gasteiger partial charge in [-0.2, -0.15) is 0 Å². The predicted molar refractivity (Wildman–Crippen MR) is 21.0 cm³/mol. The average Bonchev–Trinajstić information content (AvgIpc) is 1.39. The molecular weight excluding hydrogens is 188 g/mol. The van der Waals surface area contributed by atoms with Gasteiger partial charge in [0.15, 0.2) is 0 Å². The summed E-state index contributed by atoms with van der Waals surface area (Å²) in [4.78, 5) is 15.3. The van der Waals surface area contributed by atoms with Crippen molar-refractivity contribution >= 4 is 17.4 Å². The van der Waals surface area contributed by atoms with Crippen molar-refractivity contribution in [2.75, 3.05) is 0 Å². The van der Waals surface area contributed by atoms with Crippen LogP contribution < -0.4 is 64.0 Å². The maximum absolute atomic E-state index is 8.46. The van der Waals surface area contributed by atoms with Gasteiger partial charge in [0, 0.05) is 0 Å². The molecule has 5 nitrogen and oxygen atoms in total. The standard InChI is InChI=1S/2Na.2HO2P.H2O/c;;2*1-3-2;/h;;2*(H,1,2);1H2/q2*+1;;;/p-1. The van der Waals surface area contributed by atoms with Gasteiger partial charge in [-0.1, -0.05) is 0 Å². The van der Waals surface area contributed by atoms with E-state index in [1.54, 1.807) is 0 Å². The molecule has 0 radical (unpaired) electrons. The fraction of sp³-hybridized carbons (Fsp3) is 0. The van der Waals surface area contributed by atoms with E-state index < -0.39 is 17.4 Å². The van der Waals surface area contributed by atoms with Crippen LogP contribution >= 0.6 is 17.4 Å². The molecule has 3 N–H and O–H groups in total. The van der Waals surface area contributed by atoms with Gasteiger partial charge in [-0.15, -0.1) is 0 Å². The molecule has 0 rings (SSSR count). The van der Waals surface area contributed by atoms with E-state index in [4.69, 9.17) is 18.9 Å². The van der Waals surface area contributed by atoms with Crippen molar-refractivity contribution in [3.63, 3.8) is 0 Å². The molecule has 0 atom stereocenters. The first-order chi connectivity index (χ1) is 2.83. The first-order valence-corrected chi connectivity index (χ1v) is 2.24. The van der Waals surface area contributed by atoms with Crippen molar-refractivity contribution in [2.24, 2.45) is 0 Å². The van der Waals surface area contributed by atoms with E-state index in [-0.39, 0.29) is 64.6 Å². The number of hydrogen-bond donors (Lipinski definition) is 1. The molecular formula is H3Na2O5P2+. The van der Waals surface area contributed by atoms with Crippen LogP contribution in [0.5, 0.6) is 0 Å². The second kappa shape index (κ2) is 49.9. The zero-order valence-corrected chi connectivity index (χ0v) is 10.9. The monoisotopic (exact) mass is 191 g/mol. The summed E-state index contributed by atoms with van der Waals surface area (Å²) in [5, 5.41) is 0. The van der Waals surface area contributed by atoms with Crippen molar-refractivity contribution in [2.45, 2.75) is 0 Å². The van der Waals surface area contributed by atoms with Crippen LogP contribution in [0.1, 0.15) is 0 Å². The molecule has 0 aliphatic rings. The maximum atomic E-state index is 8.46. The predicted octanol–water partition coefficient (Wildman–Crippen LogP) is -7.08. The van der Waals surface area contributed by atoms with Crippen LogP contribution in [0.15, 0.2) is 0 Å². The van der Waals surface area contributed by atoms with Gasteiger partial charge in [-0.05, 0) is 0 Å². The van der Waals surface area contributed by atoms with Gasteiger partial charge >= 0.3 is 67.8 Å². The van der Waals surface area contributed by atoms with Crippen LogP contribution in [0.4, 0.5) is 0 Å². The zero-order chi connectivity index (χ0) is 5.41. The Balaban J connectivity index is -0.00000000889. The van der Waals surface area contributed by atoms with Gasteiger partial charge in [0.2, 0.25) is 0 Å². The van der Waals surface area contributed by atoms with E-state index in [1.165, 1.54) is 0 Å². The molecule has 9 heavy (non-hydrogen) atoms. The van der Waals surface area contributed by atoms with Crippen LogP contribution in [0.2, 0.25) is 0 Å². The second-order valence-electron chi connectivity index (χ2n) is 0.156. The van der Waals surface area contributed by atoms with Crippen LogP contribution in [-0.2, 0) is 9.13 Å². The van der Waals surface area contributed by atoms with Crippen molar-refractivity contribution in [3.05, 3.63) is 0 Å². The molecule has 0 heterocycles. The molecule has 0 aromatic carbocycles. The van der Waals surface area contributed by atoms with Gasteiger partial charge in [-0.25, -0.2) is 4.57 Å². The van der Waals surface area contributed by atoms with Gasteiger partial charge in [-0.3, -0.25) is 4.57 Å². The van der Waals surface area contributed by atoms with Crippen molar-refractivity contribution in [1.82, 2.24) is 0 Å². The minimum Gasteiger partial charge on any atom is -0.772 e. The summed E-state index contributed by atoms with van der Waals surface area (Å²) in [6.07, 6.45) is 0. The van der Waals surface area contributed by atoms with Gasteiger partial charge in [0.25, 0.3) is 0 Å². The smallest absolute Gasteiger partial charge is 0.772 e. The van der Waals surface area contributed by atoms with Crippen LogP contribution in [0.3, 0.4) is 0 Å². The third kappa shape index (κ3) is 152. The Hall–Kier alpha value is 2.08. The topological polar surface area (TPSA) is 109 Å². The van der Waals surface area contributed by atoms with Crippen molar-refractivity contribution < 1.29 is 83.5 Å². The minimum atomic E-state index is -1.08. The normalized spacial score (nSPS) is 4.67. The van der Waals surface area contributed by atoms with E-state index >= 15 is 0 Å². The quantitative estimate of drug-likeness (QED) is 0.303. The van der Waals surface area contributed by atoms with Crippen molar-refractivity contribution in [1.29, 1.82) is 0 Å². The first-order valence-electron chi connectivity index (χ1n) is 0.748. The number of hydrogen-bond acceptors (Lipinski definition) is 3. The van der Waals surface area contributed by atoms with E-state index in [9.17, 15) is 0 Å². The molecule has 0 bridgehead atoms. The summed E-state index contributed by atoms with van der Waals surface area (Å²) in [5.41, 5.74) is 0. The van der Waals surface area contributed by atoms with Gasteiger partial charge in [0.05, 0.1) is 8.69 Å². The molecule has 0 unspecified atom stereocenters. The molecule has 44 valence electrons. The average molecular weight is 191 g/mol. The Bertz CT molecular complexity index is 33.9. The fourth-order valence-electron chi connectivity index (χ4n) is 0. The second-order valence-corrected chi connectivity index (χ2v) is 0.469. The molecule has 9 heteroatoms. The maximum Gasteiger partial charge on any atom is 1.00 e. The molecule has 0 aromatic rings. The molecule has 0 amide bonds. The first kappa shape index (κ1) is 30.5. The summed E-state index contributed by atoms with van der Waals surface area (Å²) in [5.74, 6) is 0. The third-order valence-corrected chi connectivity index (χ3v) is 0. The fourth-order valence-corrected chi connectivity index (χ4v) is 0. The van der Waals surface area contributed by atoms with Crippen LogP contribution in [0, 0.1) is 0 Å². The van der Waals surface area contributed by atoms with Gasteiger partial charge in [0.1, 0.15) is 0 Å². The summed E-state index contributed by atoms with van der Waals surface area (Å²) < 4.78 is 16.8.